The highest BCUT2D eigenvalue weighted by Crippen LogP contribution is 2.17. The smallest absolute Gasteiger partial charge is 0.317 e. The van der Waals surface area contributed by atoms with E-state index in [1.165, 1.54) is 19.4 Å². The molecule has 0 bridgehead atoms. The number of hydrogen-bond acceptors (Lipinski definition) is 3. The number of piperidine rings is 1. The number of carboxylic acids is 1. The maximum absolute atomic E-state index is 10.8. The van der Waals surface area contributed by atoms with Gasteiger partial charge in [0.25, 0.3) is 0 Å². The number of aliphatic carboxylic acids is 1. The number of nitrogens with zero attached hydrogens (tertiary/aromatic N) is 2. The summed E-state index contributed by atoms with van der Waals surface area (Å²) in [4.78, 5) is 15.2. The molecule has 0 aromatic rings. The maximum Gasteiger partial charge on any atom is 0.317 e. The quantitative estimate of drug-likeness (QED) is 0.766. The van der Waals surface area contributed by atoms with E-state index in [-0.39, 0.29) is 6.54 Å². The monoisotopic (exact) mass is 228 g/mol. The van der Waals surface area contributed by atoms with Crippen LogP contribution in [0.15, 0.2) is 0 Å². The average molecular weight is 228 g/mol. The van der Waals surface area contributed by atoms with E-state index in [2.05, 4.69) is 30.7 Å². The molecule has 0 aliphatic carbocycles. The summed E-state index contributed by atoms with van der Waals surface area (Å²) in [6, 6.07) is 0.309. The van der Waals surface area contributed by atoms with Gasteiger partial charge in [-0.3, -0.25) is 9.69 Å². The first-order valence-corrected chi connectivity index (χ1v) is 6.13. The lowest BCUT2D eigenvalue weighted by Crippen LogP contribution is -2.43. The van der Waals surface area contributed by atoms with Crippen molar-refractivity contribution in [3.8, 4) is 0 Å². The van der Waals surface area contributed by atoms with Gasteiger partial charge in [0.1, 0.15) is 0 Å². The number of hydrogen-bond donors (Lipinski definition) is 1. The van der Waals surface area contributed by atoms with Crippen molar-refractivity contribution in [1.29, 1.82) is 0 Å². The van der Waals surface area contributed by atoms with Gasteiger partial charge in [-0.25, -0.2) is 0 Å². The number of carboxylic acid groups (broad SMARTS) is 1. The molecule has 1 N–H and O–H groups in total. The molecule has 1 saturated heterocycles. The Kier molecular flexibility index (Phi) is 5.22. The second kappa shape index (κ2) is 6.21. The summed E-state index contributed by atoms with van der Waals surface area (Å²) in [7, 11) is 2.14. The second-order valence-electron chi connectivity index (χ2n) is 5.19. The van der Waals surface area contributed by atoms with Crippen molar-refractivity contribution in [2.45, 2.75) is 32.7 Å². The Morgan fingerprint density at radius 2 is 2.25 bits per heavy atom. The number of carbonyl (C=O) groups is 1. The molecule has 0 spiro atoms. The highest BCUT2D eigenvalue weighted by Gasteiger charge is 2.22. The van der Waals surface area contributed by atoms with Crippen LogP contribution in [0.2, 0.25) is 0 Å². The summed E-state index contributed by atoms with van der Waals surface area (Å²) in [5, 5.41) is 8.86. The average Bonchev–Trinajstić information content (AvgIpc) is 2.15. The van der Waals surface area contributed by atoms with Crippen molar-refractivity contribution in [3.63, 3.8) is 0 Å². The molecule has 0 saturated carbocycles. The van der Waals surface area contributed by atoms with Gasteiger partial charge in [0.15, 0.2) is 0 Å². The minimum absolute atomic E-state index is 0.165. The van der Waals surface area contributed by atoms with Gasteiger partial charge in [-0.2, -0.15) is 0 Å². The predicted octanol–water partition coefficient (Wildman–Crippen LogP) is 1.12. The Morgan fingerprint density at radius 1 is 1.56 bits per heavy atom. The molecule has 1 aliphatic heterocycles. The van der Waals surface area contributed by atoms with Crippen LogP contribution in [0, 0.1) is 5.92 Å². The second-order valence-corrected chi connectivity index (χ2v) is 5.19. The van der Waals surface area contributed by atoms with E-state index in [9.17, 15) is 4.79 Å². The van der Waals surface area contributed by atoms with Crippen molar-refractivity contribution >= 4 is 5.97 Å². The molecule has 1 aliphatic rings. The largest absolute Gasteiger partial charge is 0.480 e. The Hall–Kier alpha value is -0.610. The first-order valence-electron chi connectivity index (χ1n) is 6.13. The molecule has 4 nitrogen and oxygen atoms in total. The topological polar surface area (TPSA) is 43.8 Å². The molecule has 16 heavy (non-hydrogen) atoms. The van der Waals surface area contributed by atoms with E-state index in [0.717, 1.165) is 13.1 Å². The van der Waals surface area contributed by atoms with Gasteiger partial charge in [-0.15, -0.1) is 0 Å². The molecule has 0 amide bonds. The van der Waals surface area contributed by atoms with Crippen LogP contribution < -0.4 is 0 Å². The lowest BCUT2D eigenvalue weighted by atomic mass is 9.97. The van der Waals surface area contributed by atoms with Crippen molar-refractivity contribution < 1.29 is 9.90 Å². The third-order valence-electron chi connectivity index (χ3n) is 3.28. The summed E-state index contributed by atoms with van der Waals surface area (Å²) in [5.74, 6) is -0.0987. The summed E-state index contributed by atoms with van der Waals surface area (Å²) >= 11 is 0. The zero-order chi connectivity index (χ0) is 12.1. The third-order valence-corrected chi connectivity index (χ3v) is 3.28. The first-order chi connectivity index (χ1) is 7.49. The fourth-order valence-corrected chi connectivity index (χ4v) is 2.39. The molecule has 1 atom stereocenters. The maximum atomic E-state index is 10.8. The fraction of sp³-hybridized carbons (Fsp3) is 0.917. The predicted molar refractivity (Wildman–Crippen MR) is 64.6 cm³/mol. The highest BCUT2D eigenvalue weighted by molar-refractivity contribution is 5.69. The Bertz CT molecular complexity index is 231. The van der Waals surface area contributed by atoms with Gasteiger partial charge in [0, 0.05) is 19.1 Å². The van der Waals surface area contributed by atoms with Crippen LogP contribution >= 0.6 is 0 Å². The van der Waals surface area contributed by atoms with Gasteiger partial charge in [-0.1, -0.05) is 0 Å². The van der Waals surface area contributed by atoms with Crippen LogP contribution in [-0.4, -0.2) is 60.1 Å². The normalized spacial score (nSPS) is 22.9. The van der Waals surface area contributed by atoms with E-state index in [4.69, 9.17) is 5.11 Å². The molecular weight excluding hydrogens is 204 g/mol. The van der Waals surface area contributed by atoms with Crippen molar-refractivity contribution in [1.82, 2.24) is 9.80 Å². The molecule has 0 aromatic heterocycles. The van der Waals surface area contributed by atoms with Gasteiger partial charge in [0.2, 0.25) is 0 Å². The van der Waals surface area contributed by atoms with Crippen molar-refractivity contribution in [3.05, 3.63) is 0 Å². The zero-order valence-corrected chi connectivity index (χ0v) is 10.6. The van der Waals surface area contributed by atoms with Gasteiger partial charge in [0.05, 0.1) is 6.54 Å². The Balaban J connectivity index is 2.44. The van der Waals surface area contributed by atoms with Gasteiger partial charge in [-0.05, 0) is 46.2 Å². The summed E-state index contributed by atoms with van der Waals surface area (Å²) in [6.45, 7) is 7.48. The van der Waals surface area contributed by atoms with Gasteiger partial charge < -0.3 is 10.0 Å². The molecule has 0 aromatic carbocycles. The van der Waals surface area contributed by atoms with Crippen LogP contribution in [0.5, 0.6) is 0 Å². The summed E-state index contributed by atoms with van der Waals surface area (Å²) in [6.07, 6.45) is 2.47. The number of likely N-dealkylation sites (tertiary alicyclic amines) is 1. The molecule has 1 fully saturated rings. The van der Waals surface area contributed by atoms with E-state index < -0.39 is 5.97 Å². The van der Waals surface area contributed by atoms with Crippen LogP contribution in [0.3, 0.4) is 0 Å². The molecule has 1 heterocycles. The molecule has 0 radical (unpaired) electrons. The van der Waals surface area contributed by atoms with Gasteiger partial charge >= 0.3 is 5.97 Å². The van der Waals surface area contributed by atoms with E-state index in [0.29, 0.717) is 12.0 Å². The summed E-state index contributed by atoms with van der Waals surface area (Å²) < 4.78 is 0. The van der Waals surface area contributed by atoms with E-state index in [1.54, 1.807) is 0 Å². The zero-order valence-electron chi connectivity index (χ0n) is 10.6. The standard InChI is InChI=1S/C12H24N2O2/c1-10(2)14(9-12(15)16)8-11-5-4-6-13(3)7-11/h10-11H,4-9H2,1-3H3,(H,15,16)/t11-/m1/s1. The van der Waals surface area contributed by atoms with E-state index in [1.807, 2.05) is 0 Å². The molecule has 94 valence electrons. The van der Waals surface area contributed by atoms with Crippen molar-refractivity contribution in [2.75, 3.05) is 33.2 Å². The molecular formula is C12H24N2O2. The minimum atomic E-state index is -0.724. The van der Waals surface area contributed by atoms with Crippen LogP contribution in [-0.2, 0) is 4.79 Å². The SMILES string of the molecule is CC(C)N(CC(=O)O)C[C@@H]1CCCN(C)C1. The van der Waals surface area contributed by atoms with Crippen LogP contribution in [0.1, 0.15) is 26.7 Å². The Labute approximate surface area is 98.2 Å². The summed E-state index contributed by atoms with van der Waals surface area (Å²) in [5.41, 5.74) is 0. The Morgan fingerprint density at radius 3 is 2.75 bits per heavy atom. The molecule has 1 rings (SSSR count). The molecule has 0 unspecified atom stereocenters. The first kappa shape index (κ1) is 13.5. The fourth-order valence-electron chi connectivity index (χ4n) is 2.39. The van der Waals surface area contributed by atoms with Crippen molar-refractivity contribution in [2.24, 2.45) is 5.92 Å². The molecule has 4 heteroatoms. The lowest BCUT2D eigenvalue weighted by Gasteiger charge is -2.34. The lowest BCUT2D eigenvalue weighted by molar-refractivity contribution is -0.139. The van der Waals surface area contributed by atoms with E-state index >= 15 is 0 Å². The highest BCUT2D eigenvalue weighted by atomic mass is 16.4. The minimum Gasteiger partial charge on any atom is -0.480 e. The van der Waals surface area contributed by atoms with Crippen LogP contribution in [0.4, 0.5) is 0 Å². The third kappa shape index (κ3) is 4.49. The number of rotatable bonds is 5. The van der Waals surface area contributed by atoms with Crippen LogP contribution in [0.25, 0.3) is 0 Å².